The summed E-state index contributed by atoms with van der Waals surface area (Å²) in [4.78, 5) is 0. The van der Waals surface area contributed by atoms with E-state index in [-0.39, 0.29) is 6.61 Å². The summed E-state index contributed by atoms with van der Waals surface area (Å²) in [5.41, 5.74) is 0.766. The summed E-state index contributed by atoms with van der Waals surface area (Å²) in [6, 6.07) is 7.74. The highest BCUT2D eigenvalue weighted by Crippen LogP contribution is 2.28. The average molecular weight is 206 g/mol. The van der Waals surface area contributed by atoms with Crippen LogP contribution in [0.25, 0.3) is 11.0 Å². The molecule has 2 aromatic rings. The molecule has 0 aliphatic carbocycles. The summed E-state index contributed by atoms with van der Waals surface area (Å²) in [5.74, 6) is 1.55. The fourth-order valence-corrected chi connectivity index (χ4v) is 1.59. The highest BCUT2D eigenvalue weighted by Gasteiger charge is 2.08. The second-order valence-electron chi connectivity index (χ2n) is 3.29. The van der Waals surface area contributed by atoms with Crippen molar-refractivity contribution in [3.05, 3.63) is 30.0 Å². The van der Waals surface area contributed by atoms with E-state index in [1.165, 1.54) is 0 Å². The van der Waals surface area contributed by atoms with Gasteiger partial charge in [-0.05, 0) is 19.1 Å². The van der Waals surface area contributed by atoms with Gasteiger partial charge in [0.2, 0.25) is 0 Å². The van der Waals surface area contributed by atoms with Gasteiger partial charge >= 0.3 is 0 Å². The number of benzene rings is 1. The molecule has 0 saturated heterocycles. The van der Waals surface area contributed by atoms with E-state index in [1.54, 1.807) is 0 Å². The maximum absolute atomic E-state index is 8.83. The molecular weight excluding hydrogens is 192 g/mol. The van der Waals surface area contributed by atoms with Crippen molar-refractivity contribution in [1.29, 1.82) is 0 Å². The number of rotatable bonds is 4. The molecule has 2 rings (SSSR count). The van der Waals surface area contributed by atoms with Gasteiger partial charge in [0.15, 0.2) is 11.3 Å². The zero-order valence-corrected chi connectivity index (χ0v) is 8.69. The summed E-state index contributed by atoms with van der Waals surface area (Å²) < 4.78 is 11.1. The molecule has 0 atom stereocenters. The van der Waals surface area contributed by atoms with E-state index in [0.29, 0.717) is 13.0 Å². The third-order valence-electron chi connectivity index (χ3n) is 2.22. The lowest BCUT2D eigenvalue weighted by Crippen LogP contribution is -1.90. The number of aliphatic hydroxyl groups is 1. The van der Waals surface area contributed by atoms with Gasteiger partial charge in [-0.25, -0.2) is 0 Å². The van der Waals surface area contributed by atoms with Crippen molar-refractivity contribution in [2.24, 2.45) is 0 Å². The molecule has 0 amide bonds. The van der Waals surface area contributed by atoms with Gasteiger partial charge in [0.1, 0.15) is 5.76 Å². The number of aliphatic hydroxyl groups excluding tert-OH is 1. The van der Waals surface area contributed by atoms with Crippen LogP contribution in [-0.4, -0.2) is 18.3 Å². The van der Waals surface area contributed by atoms with Gasteiger partial charge in [-0.2, -0.15) is 0 Å². The van der Waals surface area contributed by atoms with Gasteiger partial charge in [-0.15, -0.1) is 0 Å². The monoisotopic (exact) mass is 206 g/mol. The zero-order valence-electron chi connectivity index (χ0n) is 8.69. The number of furan rings is 1. The molecule has 0 saturated carbocycles. The third kappa shape index (κ3) is 1.97. The van der Waals surface area contributed by atoms with Crippen LogP contribution in [0.2, 0.25) is 0 Å². The first-order chi connectivity index (χ1) is 7.35. The Morgan fingerprint density at radius 1 is 1.40 bits per heavy atom. The number of ether oxygens (including phenoxy) is 1. The molecule has 0 unspecified atom stereocenters. The van der Waals surface area contributed by atoms with Gasteiger partial charge in [0.25, 0.3) is 0 Å². The Kier molecular flexibility index (Phi) is 2.92. The van der Waals surface area contributed by atoms with Crippen LogP contribution < -0.4 is 4.74 Å². The van der Waals surface area contributed by atoms with Crippen LogP contribution in [0.5, 0.6) is 5.75 Å². The van der Waals surface area contributed by atoms with E-state index >= 15 is 0 Å². The molecule has 15 heavy (non-hydrogen) atoms. The Labute approximate surface area is 88.3 Å². The fraction of sp³-hybridized carbons (Fsp3) is 0.333. The number of hydrogen-bond acceptors (Lipinski definition) is 3. The van der Waals surface area contributed by atoms with Crippen LogP contribution in [0.1, 0.15) is 12.7 Å². The molecule has 3 nitrogen and oxygen atoms in total. The normalized spacial score (nSPS) is 10.8. The van der Waals surface area contributed by atoms with Crippen LogP contribution in [0.4, 0.5) is 0 Å². The Morgan fingerprint density at radius 3 is 3.00 bits per heavy atom. The highest BCUT2D eigenvalue weighted by atomic mass is 16.5. The molecule has 3 heteroatoms. The summed E-state index contributed by atoms with van der Waals surface area (Å²) in [5, 5.41) is 9.84. The second-order valence-corrected chi connectivity index (χ2v) is 3.29. The third-order valence-corrected chi connectivity index (χ3v) is 2.22. The summed E-state index contributed by atoms with van der Waals surface area (Å²) >= 11 is 0. The maximum atomic E-state index is 8.83. The molecule has 80 valence electrons. The lowest BCUT2D eigenvalue weighted by Gasteiger charge is -2.02. The van der Waals surface area contributed by atoms with E-state index < -0.39 is 0 Å². The molecule has 1 N–H and O–H groups in total. The van der Waals surface area contributed by atoms with E-state index in [9.17, 15) is 0 Å². The maximum Gasteiger partial charge on any atom is 0.176 e. The molecular formula is C12H14O3. The minimum atomic E-state index is 0.101. The van der Waals surface area contributed by atoms with Crippen LogP contribution in [0.3, 0.4) is 0 Å². The molecule has 0 fully saturated rings. The van der Waals surface area contributed by atoms with E-state index in [2.05, 4.69) is 0 Å². The number of fused-ring (bicyclic) bond motifs is 1. The minimum Gasteiger partial charge on any atom is -0.490 e. The topological polar surface area (TPSA) is 42.6 Å². The number of para-hydroxylation sites is 1. The lowest BCUT2D eigenvalue weighted by molar-refractivity contribution is 0.288. The SMILES string of the molecule is CCOc1cccc2cc(CCO)oc12. The first kappa shape index (κ1) is 10.1. The Morgan fingerprint density at radius 2 is 2.27 bits per heavy atom. The Balaban J connectivity index is 2.44. The van der Waals surface area contributed by atoms with Crippen molar-refractivity contribution in [1.82, 2.24) is 0 Å². The van der Waals surface area contributed by atoms with Crippen LogP contribution in [-0.2, 0) is 6.42 Å². The molecule has 0 bridgehead atoms. The molecule has 0 aliphatic heterocycles. The fourth-order valence-electron chi connectivity index (χ4n) is 1.59. The number of hydrogen-bond donors (Lipinski definition) is 1. The molecule has 1 aromatic carbocycles. The molecule has 0 radical (unpaired) electrons. The van der Waals surface area contributed by atoms with E-state index in [4.69, 9.17) is 14.3 Å². The van der Waals surface area contributed by atoms with Crippen molar-refractivity contribution >= 4 is 11.0 Å². The highest BCUT2D eigenvalue weighted by molar-refractivity contribution is 5.83. The van der Waals surface area contributed by atoms with Crippen LogP contribution in [0, 0.1) is 0 Å². The largest absolute Gasteiger partial charge is 0.490 e. The van der Waals surface area contributed by atoms with E-state index in [0.717, 1.165) is 22.5 Å². The van der Waals surface area contributed by atoms with Crippen molar-refractivity contribution in [2.45, 2.75) is 13.3 Å². The van der Waals surface area contributed by atoms with Crippen molar-refractivity contribution in [3.63, 3.8) is 0 Å². The predicted octanol–water partition coefficient (Wildman–Crippen LogP) is 2.37. The summed E-state index contributed by atoms with van der Waals surface area (Å²) in [6.07, 6.45) is 0.542. The Bertz CT molecular complexity index is 445. The van der Waals surface area contributed by atoms with Gasteiger partial charge in [-0.3, -0.25) is 0 Å². The molecule has 0 aliphatic rings. The van der Waals surface area contributed by atoms with Crippen molar-refractivity contribution < 1.29 is 14.3 Å². The summed E-state index contributed by atoms with van der Waals surface area (Å²) in [6.45, 7) is 2.66. The average Bonchev–Trinajstić information content (AvgIpc) is 2.62. The second kappa shape index (κ2) is 4.36. The first-order valence-corrected chi connectivity index (χ1v) is 5.10. The van der Waals surface area contributed by atoms with Crippen molar-refractivity contribution in [2.75, 3.05) is 13.2 Å². The van der Waals surface area contributed by atoms with E-state index in [1.807, 2.05) is 31.2 Å². The first-order valence-electron chi connectivity index (χ1n) is 5.10. The van der Waals surface area contributed by atoms with Gasteiger partial charge in [-0.1, -0.05) is 12.1 Å². The standard InChI is InChI=1S/C12H14O3/c1-2-14-11-5-3-4-9-8-10(6-7-13)15-12(9)11/h3-5,8,13H,2,6-7H2,1H3. The van der Waals surface area contributed by atoms with Crippen molar-refractivity contribution in [3.8, 4) is 5.75 Å². The zero-order chi connectivity index (χ0) is 10.7. The minimum absolute atomic E-state index is 0.101. The smallest absolute Gasteiger partial charge is 0.176 e. The summed E-state index contributed by atoms with van der Waals surface area (Å²) in [7, 11) is 0. The Hall–Kier alpha value is -1.48. The van der Waals surface area contributed by atoms with Crippen LogP contribution >= 0.6 is 0 Å². The van der Waals surface area contributed by atoms with Crippen LogP contribution in [0.15, 0.2) is 28.7 Å². The van der Waals surface area contributed by atoms with Gasteiger partial charge in [0.05, 0.1) is 13.2 Å². The molecule has 1 aromatic heterocycles. The molecule has 0 spiro atoms. The molecule has 1 heterocycles. The predicted molar refractivity (Wildman–Crippen MR) is 58.2 cm³/mol. The van der Waals surface area contributed by atoms with Gasteiger partial charge < -0.3 is 14.3 Å². The van der Waals surface area contributed by atoms with Gasteiger partial charge in [0, 0.05) is 11.8 Å². The lowest BCUT2D eigenvalue weighted by atomic mass is 10.2. The quantitative estimate of drug-likeness (QED) is 0.835.